The minimum Gasteiger partial charge on any atom is -0.507 e. The summed E-state index contributed by atoms with van der Waals surface area (Å²) in [4.78, 5) is 71.1. The van der Waals surface area contributed by atoms with Crippen molar-refractivity contribution in [1.29, 1.82) is 0 Å². The summed E-state index contributed by atoms with van der Waals surface area (Å²) in [6.07, 6.45) is 5.69. The topological polar surface area (TPSA) is 129 Å². The number of Topliss-reactive ketones (excluding diaryl/α,β-unsaturated/α-hetero) is 1. The summed E-state index contributed by atoms with van der Waals surface area (Å²) in [6.45, 7) is 0.216. The summed E-state index contributed by atoms with van der Waals surface area (Å²) < 4.78 is 0. The van der Waals surface area contributed by atoms with E-state index in [1.165, 1.54) is 11.0 Å². The molecule has 4 aliphatic rings. The van der Waals surface area contributed by atoms with E-state index in [1.807, 2.05) is 91.0 Å². The SMILES string of the molecule is O=C(O)CCCCCN1C(=O)[C@H]2[C@H](CC=C3[C@H]2C[C@H]2C(=O)C(c4ccccc4)=CC(=O)[C@@]2(c2ccccc2)[C@H]3c2ccc(O)c3ccccc23)C1=O. The van der Waals surface area contributed by atoms with Gasteiger partial charge in [0, 0.05) is 35.8 Å². The molecule has 1 aliphatic heterocycles. The van der Waals surface area contributed by atoms with Crippen molar-refractivity contribution in [2.24, 2.45) is 23.7 Å². The molecule has 8 rings (SSSR count). The monoisotopic (exact) mass is 693 g/mol. The Hall–Kier alpha value is -5.63. The van der Waals surface area contributed by atoms with E-state index in [1.54, 1.807) is 6.07 Å². The second-order valence-corrected chi connectivity index (χ2v) is 14.5. The van der Waals surface area contributed by atoms with E-state index in [0.717, 1.165) is 16.5 Å². The lowest BCUT2D eigenvalue weighted by atomic mass is 9.44. The standard InChI is InChI=1S/C44H39NO7/c46-36-22-21-30(28-16-9-10-17-29(28)36)40-31-19-20-32-39(43(52)45(42(32)51)23-11-3-8-18-38(48)49)34(31)24-35-41(50)33(26-12-4-1-5-13-26)25-37(47)44(35,40)27-14-6-2-7-15-27/h1-2,4-7,9-10,12-17,19,21-22,25,32,34-35,39-40,46H,3,8,11,18,20,23-24H2,(H,48,49)/t32-,34+,35-,39-,40-,44-/m0/s1. The Morgan fingerprint density at radius 2 is 1.46 bits per heavy atom. The number of phenolic OH excluding ortho intramolecular Hbond substituents is 1. The summed E-state index contributed by atoms with van der Waals surface area (Å²) in [5, 5.41) is 21.4. The van der Waals surface area contributed by atoms with E-state index in [4.69, 9.17) is 5.11 Å². The molecule has 8 heteroatoms. The van der Waals surface area contributed by atoms with Gasteiger partial charge in [0.2, 0.25) is 11.8 Å². The molecule has 0 bridgehead atoms. The molecular weight excluding hydrogens is 654 g/mol. The smallest absolute Gasteiger partial charge is 0.303 e. The second kappa shape index (κ2) is 13.2. The molecule has 52 heavy (non-hydrogen) atoms. The number of allylic oxidation sites excluding steroid dienone is 4. The Bertz CT molecular complexity index is 2190. The van der Waals surface area contributed by atoms with Crippen LogP contribution in [0.1, 0.15) is 61.1 Å². The van der Waals surface area contributed by atoms with E-state index in [2.05, 4.69) is 6.08 Å². The van der Waals surface area contributed by atoms with Gasteiger partial charge in [0.05, 0.1) is 17.3 Å². The van der Waals surface area contributed by atoms with Crippen molar-refractivity contribution in [1.82, 2.24) is 4.90 Å². The van der Waals surface area contributed by atoms with Crippen LogP contribution in [0.3, 0.4) is 0 Å². The molecule has 1 saturated carbocycles. The first-order valence-electron chi connectivity index (χ1n) is 18.1. The summed E-state index contributed by atoms with van der Waals surface area (Å²) in [5.41, 5.74) is 2.00. The number of carboxylic acids is 1. The van der Waals surface area contributed by atoms with Crippen molar-refractivity contribution in [3.05, 3.63) is 131 Å². The van der Waals surface area contributed by atoms with Gasteiger partial charge in [-0.25, -0.2) is 0 Å². The molecule has 8 nitrogen and oxygen atoms in total. The molecule has 262 valence electrons. The maximum Gasteiger partial charge on any atom is 0.303 e. The lowest BCUT2D eigenvalue weighted by molar-refractivity contribution is -0.141. The average molecular weight is 694 g/mol. The van der Waals surface area contributed by atoms with Gasteiger partial charge in [-0.15, -0.1) is 0 Å². The Labute approximate surface area is 301 Å². The molecule has 4 aromatic carbocycles. The van der Waals surface area contributed by atoms with Crippen molar-refractivity contribution in [3.8, 4) is 5.75 Å². The number of carbonyl (C=O) groups excluding carboxylic acids is 4. The highest BCUT2D eigenvalue weighted by molar-refractivity contribution is 6.31. The second-order valence-electron chi connectivity index (χ2n) is 14.5. The number of ketones is 2. The Morgan fingerprint density at radius 3 is 2.19 bits per heavy atom. The fourth-order valence-corrected chi connectivity index (χ4v) is 9.79. The molecule has 0 aromatic heterocycles. The maximum atomic E-state index is 15.3. The lowest BCUT2D eigenvalue weighted by Gasteiger charge is -2.55. The average Bonchev–Trinajstić information content (AvgIpc) is 3.41. The largest absolute Gasteiger partial charge is 0.507 e. The van der Waals surface area contributed by atoms with Gasteiger partial charge in [-0.05, 0) is 65.8 Å². The number of likely N-dealkylation sites (tertiary alicyclic amines) is 1. The van der Waals surface area contributed by atoms with Crippen LogP contribution in [-0.2, 0) is 29.4 Å². The van der Waals surface area contributed by atoms with Crippen molar-refractivity contribution in [2.75, 3.05) is 6.54 Å². The van der Waals surface area contributed by atoms with E-state index in [0.29, 0.717) is 47.8 Å². The normalized spacial score (nSPS) is 26.8. The molecule has 2 fully saturated rings. The third kappa shape index (κ3) is 5.14. The maximum absolute atomic E-state index is 15.3. The van der Waals surface area contributed by atoms with Crippen molar-refractivity contribution in [3.63, 3.8) is 0 Å². The highest BCUT2D eigenvalue weighted by Crippen LogP contribution is 2.64. The number of benzene rings is 4. The van der Waals surface area contributed by atoms with E-state index < -0.39 is 41.0 Å². The Balaban J connectivity index is 1.31. The third-order valence-electron chi connectivity index (χ3n) is 12.0. The molecule has 1 saturated heterocycles. The molecule has 3 aliphatic carbocycles. The van der Waals surface area contributed by atoms with Gasteiger partial charge in [0.1, 0.15) is 5.75 Å². The first-order valence-corrected chi connectivity index (χ1v) is 18.1. The Morgan fingerprint density at radius 1 is 0.769 bits per heavy atom. The lowest BCUT2D eigenvalue weighted by Crippen LogP contribution is -2.58. The zero-order valence-electron chi connectivity index (χ0n) is 28.6. The number of hydrogen-bond donors (Lipinski definition) is 2. The number of phenols is 1. The van der Waals surface area contributed by atoms with Crippen molar-refractivity contribution in [2.45, 2.75) is 49.9 Å². The quantitative estimate of drug-likeness (QED) is 0.110. The first kappa shape index (κ1) is 33.5. The minimum absolute atomic E-state index is 0.0343. The zero-order chi connectivity index (χ0) is 36.1. The van der Waals surface area contributed by atoms with Crippen LogP contribution in [0, 0.1) is 23.7 Å². The fraction of sp³-hybridized carbons (Fsp3) is 0.295. The Kier molecular flexibility index (Phi) is 8.48. The number of aromatic hydroxyl groups is 1. The number of fused-ring (bicyclic) bond motifs is 5. The van der Waals surface area contributed by atoms with Crippen molar-refractivity contribution < 1.29 is 34.2 Å². The molecule has 4 aromatic rings. The van der Waals surface area contributed by atoms with Gasteiger partial charge in [-0.3, -0.25) is 28.9 Å². The number of imide groups is 1. The number of amides is 2. The van der Waals surface area contributed by atoms with Crippen molar-refractivity contribution >= 4 is 45.7 Å². The van der Waals surface area contributed by atoms with Crippen LogP contribution >= 0.6 is 0 Å². The van der Waals surface area contributed by atoms with Crippen LogP contribution in [0.4, 0.5) is 0 Å². The molecule has 6 atom stereocenters. The molecule has 0 spiro atoms. The number of rotatable bonds is 9. The van der Waals surface area contributed by atoms with Gasteiger partial charge < -0.3 is 10.2 Å². The van der Waals surface area contributed by atoms with Gasteiger partial charge >= 0.3 is 5.97 Å². The van der Waals surface area contributed by atoms with E-state index in [9.17, 15) is 19.5 Å². The van der Waals surface area contributed by atoms with Crippen LogP contribution in [0.5, 0.6) is 5.75 Å². The molecule has 0 unspecified atom stereocenters. The molecular formula is C44H39NO7. The van der Waals surface area contributed by atoms with Crippen LogP contribution < -0.4 is 0 Å². The minimum atomic E-state index is -1.36. The summed E-state index contributed by atoms with van der Waals surface area (Å²) in [6, 6.07) is 29.6. The fourth-order valence-electron chi connectivity index (χ4n) is 9.79. The number of aliphatic carboxylic acids is 1. The molecule has 0 radical (unpaired) electrons. The van der Waals surface area contributed by atoms with E-state index in [-0.39, 0.29) is 48.5 Å². The number of carbonyl (C=O) groups is 5. The van der Waals surface area contributed by atoms with Crippen LogP contribution in [0.25, 0.3) is 16.3 Å². The number of unbranched alkanes of at least 4 members (excludes halogenated alkanes) is 2. The van der Waals surface area contributed by atoms with Gasteiger partial charge in [0.15, 0.2) is 11.6 Å². The van der Waals surface area contributed by atoms with Gasteiger partial charge in [-0.1, -0.05) is 109 Å². The predicted molar refractivity (Wildman–Crippen MR) is 195 cm³/mol. The molecule has 2 amide bonds. The van der Waals surface area contributed by atoms with Gasteiger partial charge in [0.25, 0.3) is 0 Å². The summed E-state index contributed by atoms with van der Waals surface area (Å²) in [7, 11) is 0. The van der Waals surface area contributed by atoms with Crippen LogP contribution in [0.2, 0.25) is 0 Å². The summed E-state index contributed by atoms with van der Waals surface area (Å²) >= 11 is 0. The molecule has 1 heterocycles. The predicted octanol–water partition coefficient (Wildman–Crippen LogP) is 7.01. The highest BCUT2D eigenvalue weighted by atomic mass is 16.4. The van der Waals surface area contributed by atoms with Crippen LogP contribution in [0.15, 0.2) is 115 Å². The third-order valence-corrected chi connectivity index (χ3v) is 12.0. The number of nitrogens with zero attached hydrogens (tertiary/aromatic N) is 1. The highest BCUT2D eigenvalue weighted by Gasteiger charge is 2.66. The van der Waals surface area contributed by atoms with Gasteiger partial charge in [-0.2, -0.15) is 0 Å². The van der Waals surface area contributed by atoms with E-state index >= 15 is 9.59 Å². The number of carboxylic acid groups (broad SMARTS) is 1. The number of hydrogen-bond acceptors (Lipinski definition) is 6. The zero-order valence-corrected chi connectivity index (χ0v) is 28.6. The molecule has 2 N–H and O–H groups in total. The first-order chi connectivity index (χ1) is 25.2. The van der Waals surface area contributed by atoms with Crippen LogP contribution in [-0.4, -0.2) is 51.0 Å². The summed E-state index contributed by atoms with van der Waals surface area (Å²) in [5.74, 6) is -4.93.